The van der Waals surface area contributed by atoms with E-state index < -0.39 is 11.6 Å². The van der Waals surface area contributed by atoms with Gasteiger partial charge in [-0.15, -0.1) is 0 Å². The van der Waals surface area contributed by atoms with Crippen molar-refractivity contribution in [2.24, 2.45) is 5.16 Å². The Bertz CT molecular complexity index is 1400. The fraction of sp³-hybridized carbons (Fsp3) is 0.125. The van der Waals surface area contributed by atoms with E-state index in [2.05, 4.69) is 5.16 Å². The first kappa shape index (κ1) is 20.3. The van der Waals surface area contributed by atoms with Crippen LogP contribution in [0.2, 0.25) is 0 Å². The van der Waals surface area contributed by atoms with Crippen LogP contribution in [0.3, 0.4) is 0 Å². The molecular formula is C24H17F2N3O2S. The van der Waals surface area contributed by atoms with Crippen molar-refractivity contribution in [3.63, 3.8) is 0 Å². The van der Waals surface area contributed by atoms with Crippen molar-refractivity contribution in [3.05, 3.63) is 83.7 Å². The van der Waals surface area contributed by atoms with Crippen molar-refractivity contribution < 1.29 is 18.4 Å². The van der Waals surface area contributed by atoms with Gasteiger partial charge in [0.05, 0.1) is 37.2 Å². The van der Waals surface area contributed by atoms with Crippen LogP contribution < -0.4 is 4.74 Å². The van der Waals surface area contributed by atoms with Crippen LogP contribution in [0.5, 0.6) is 5.75 Å². The number of hydrogen-bond donors (Lipinski definition) is 0. The van der Waals surface area contributed by atoms with E-state index in [0.717, 1.165) is 28.7 Å². The van der Waals surface area contributed by atoms with Gasteiger partial charge in [0.25, 0.3) is 0 Å². The molecule has 0 unspecified atom stereocenters. The highest BCUT2D eigenvalue weighted by Gasteiger charge is 2.19. The first-order chi connectivity index (χ1) is 15.5. The van der Waals surface area contributed by atoms with E-state index in [0.29, 0.717) is 40.9 Å². The van der Waals surface area contributed by atoms with E-state index in [9.17, 15) is 8.78 Å². The largest absolute Gasteiger partial charge is 0.497 e. The number of benzene rings is 2. The maximum Gasteiger partial charge on any atom is 0.204 e. The third kappa shape index (κ3) is 3.73. The Labute approximate surface area is 187 Å². The molecule has 0 saturated heterocycles. The minimum atomic E-state index is -0.508. The van der Waals surface area contributed by atoms with Crippen LogP contribution in [0.1, 0.15) is 17.8 Å². The number of methoxy groups -OCH3 is 1. The lowest BCUT2D eigenvalue weighted by Gasteiger charge is -2.12. The Balaban J connectivity index is 1.63. The van der Waals surface area contributed by atoms with Gasteiger partial charge in [0.1, 0.15) is 23.1 Å². The summed E-state index contributed by atoms with van der Waals surface area (Å²) in [6.45, 7) is 0.341. The molecule has 1 aliphatic heterocycles. The molecule has 4 aromatic rings. The molecule has 0 atom stereocenters. The second kappa shape index (κ2) is 8.12. The minimum Gasteiger partial charge on any atom is -0.497 e. The van der Waals surface area contributed by atoms with E-state index in [-0.39, 0.29) is 5.56 Å². The van der Waals surface area contributed by atoms with Crippen LogP contribution in [0.25, 0.3) is 22.2 Å². The van der Waals surface area contributed by atoms with E-state index in [4.69, 9.17) is 26.8 Å². The van der Waals surface area contributed by atoms with Gasteiger partial charge in [-0.1, -0.05) is 11.2 Å². The molecule has 2 aromatic carbocycles. The predicted molar refractivity (Wildman–Crippen MR) is 122 cm³/mol. The van der Waals surface area contributed by atoms with E-state index >= 15 is 0 Å². The van der Waals surface area contributed by atoms with E-state index in [1.54, 1.807) is 7.11 Å². The first-order valence-electron chi connectivity index (χ1n) is 9.87. The summed E-state index contributed by atoms with van der Waals surface area (Å²) in [5, 5.41) is 5.23. The van der Waals surface area contributed by atoms with Crippen molar-refractivity contribution >= 4 is 33.9 Å². The van der Waals surface area contributed by atoms with Crippen LogP contribution in [0.4, 0.5) is 8.78 Å². The number of aromatic nitrogens is 2. The topological polar surface area (TPSA) is 48.6 Å². The zero-order chi connectivity index (χ0) is 22.2. The lowest BCUT2D eigenvalue weighted by atomic mass is 10.1. The van der Waals surface area contributed by atoms with Crippen molar-refractivity contribution in [3.8, 4) is 17.0 Å². The van der Waals surface area contributed by atoms with Gasteiger partial charge in [-0.2, -0.15) is 0 Å². The molecule has 5 nitrogen and oxygen atoms in total. The summed E-state index contributed by atoms with van der Waals surface area (Å²) in [6, 6.07) is 16.4. The molecule has 0 bridgehead atoms. The SMILES string of the molecule is COc1ccc2c(c1)cc(-c1cc(F)ccc1F)n2Cc1cccc(C2=NOC(=S)C2)n1. The maximum atomic E-state index is 14.7. The molecule has 1 aliphatic rings. The van der Waals surface area contributed by atoms with Gasteiger partial charge >= 0.3 is 0 Å². The zero-order valence-corrected chi connectivity index (χ0v) is 17.8. The quantitative estimate of drug-likeness (QED) is 0.378. The molecule has 32 heavy (non-hydrogen) atoms. The first-order valence-corrected chi connectivity index (χ1v) is 10.3. The Morgan fingerprint density at radius 1 is 1.09 bits per heavy atom. The second-order valence-electron chi connectivity index (χ2n) is 7.36. The van der Waals surface area contributed by atoms with Crippen molar-refractivity contribution in [2.75, 3.05) is 7.11 Å². The van der Waals surface area contributed by atoms with Gasteiger partial charge in [0.15, 0.2) is 0 Å². The Hall–Kier alpha value is -3.65. The van der Waals surface area contributed by atoms with Gasteiger partial charge in [-0.05, 0) is 66.8 Å². The standard InChI is InChI=1S/C24H17F2N3O2S/c1-30-17-6-8-22-14(9-17)10-23(18-11-15(25)5-7-19(18)26)29(22)13-16-3-2-4-20(27-16)21-12-24(32)31-28-21/h2-11H,12-13H2,1H3. The average Bonchev–Trinajstić information content (AvgIpc) is 3.39. The summed E-state index contributed by atoms with van der Waals surface area (Å²) in [5.74, 6) is -0.336. The van der Waals surface area contributed by atoms with Crippen molar-refractivity contribution in [1.29, 1.82) is 0 Å². The third-order valence-corrected chi connectivity index (χ3v) is 5.52. The number of thiocarbonyl (C=S) groups is 1. The molecule has 2 aromatic heterocycles. The molecule has 8 heteroatoms. The smallest absolute Gasteiger partial charge is 0.204 e. The number of fused-ring (bicyclic) bond motifs is 1. The van der Waals surface area contributed by atoms with Crippen molar-refractivity contribution in [1.82, 2.24) is 9.55 Å². The van der Waals surface area contributed by atoms with Gasteiger partial charge < -0.3 is 14.1 Å². The number of pyridine rings is 1. The minimum absolute atomic E-state index is 0.176. The zero-order valence-electron chi connectivity index (χ0n) is 17.0. The summed E-state index contributed by atoms with van der Waals surface area (Å²) in [7, 11) is 1.59. The van der Waals surface area contributed by atoms with Crippen LogP contribution in [-0.2, 0) is 11.4 Å². The van der Waals surface area contributed by atoms with E-state index in [1.807, 2.05) is 47.0 Å². The number of rotatable bonds is 5. The Kier molecular flexibility index (Phi) is 5.14. The summed E-state index contributed by atoms with van der Waals surface area (Å²) in [5.41, 5.74) is 3.62. The van der Waals surface area contributed by atoms with Crippen LogP contribution in [0.15, 0.2) is 65.8 Å². The summed E-state index contributed by atoms with van der Waals surface area (Å²) < 4.78 is 35.9. The van der Waals surface area contributed by atoms with Crippen LogP contribution >= 0.6 is 12.2 Å². The molecule has 0 spiro atoms. The monoisotopic (exact) mass is 449 g/mol. The Morgan fingerprint density at radius 3 is 2.75 bits per heavy atom. The lowest BCUT2D eigenvalue weighted by molar-refractivity contribution is 0.348. The van der Waals surface area contributed by atoms with Crippen LogP contribution in [-0.4, -0.2) is 27.4 Å². The third-order valence-electron chi connectivity index (χ3n) is 5.30. The van der Waals surface area contributed by atoms with Crippen molar-refractivity contribution in [2.45, 2.75) is 13.0 Å². The molecule has 160 valence electrons. The average molecular weight is 449 g/mol. The van der Waals surface area contributed by atoms with E-state index in [1.165, 1.54) is 6.07 Å². The molecule has 0 N–H and O–H groups in total. The lowest BCUT2D eigenvalue weighted by Crippen LogP contribution is -2.08. The number of nitrogens with zero attached hydrogens (tertiary/aromatic N) is 3. The van der Waals surface area contributed by atoms with Gasteiger partial charge in [-0.25, -0.2) is 13.8 Å². The molecule has 0 fully saturated rings. The predicted octanol–water partition coefficient (Wildman–Crippen LogP) is 5.49. The highest BCUT2D eigenvalue weighted by Crippen LogP contribution is 2.33. The number of halogens is 2. The normalized spacial score (nSPS) is 13.3. The molecule has 0 amide bonds. The molecule has 5 rings (SSSR count). The molecule has 0 radical (unpaired) electrons. The summed E-state index contributed by atoms with van der Waals surface area (Å²) >= 11 is 5.04. The molecule has 0 aliphatic carbocycles. The van der Waals surface area contributed by atoms with Gasteiger partial charge in [-0.3, -0.25) is 0 Å². The second-order valence-corrected chi connectivity index (χ2v) is 7.81. The molecule has 3 heterocycles. The maximum absolute atomic E-state index is 14.7. The van der Waals surface area contributed by atoms with Gasteiger partial charge in [0, 0.05) is 16.5 Å². The highest BCUT2D eigenvalue weighted by atomic mass is 32.1. The summed E-state index contributed by atoms with van der Waals surface area (Å²) in [4.78, 5) is 9.73. The fourth-order valence-electron chi connectivity index (χ4n) is 3.80. The van der Waals surface area contributed by atoms with Crippen LogP contribution in [0, 0.1) is 11.6 Å². The number of ether oxygens (including phenoxy) is 1. The summed E-state index contributed by atoms with van der Waals surface area (Å²) in [6.07, 6.45) is 0.428. The fourth-order valence-corrected chi connectivity index (χ4v) is 3.97. The Morgan fingerprint density at radius 2 is 1.97 bits per heavy atom. The highest BCUT2D eigenvalue weighted by molar-refractivity contribution is 7.80. The molecule has 0 saturated carbocycles. The molecular weight excluding hydrogens is 432 g/mol. The number of oxime groups is 1. The van der Waals surface area contributed by atoms with Gasteiger partial charge in [0.2, 0.25) is 5.05 Å². The number of hydrogen-bond acceptors (Lipinski definition) is 5.